The zero-order valence-electron chi connectivity index (χ0n) is 12.2. The summed E-state index contributed by atoms with van der Waals surface area (Å²) in [6.45, 7) is 0.310. The Labute approximate surface area is 136 Å². The van der Waals surface area contributed by atoms with Gasteiger partial charge in [0.15, 0.2) is 0 Å². The molecule has 0 N–H and O–H groups in total. The Morgan fingerprint density at radius 2 is 1.95 bits per heavy atom. The number of rotatable bonds is 5. The molecule has 0 unspecified atom stereocenters. The van der Waals surface area contributed by atoms with Gasteiger partial charge in [-0.1, -0.05) is 30.3 Å². The molecule has 0 fully saturated rings. The number of carbonyl (C=O) groups is 1. The molecule has 0 atom stereocenters. The summed E-state index contributed by atoms with van der Waals surface area (Å²) in [6, 6.07) is 12.1. The first-order valence-corrected chi connectivity index (χ1v) is 7.30. The highest BCUT2D eigenvalue weighted by Crippen LogP contribution is 2.29. The second kappa shape index (κ2) is 7.38. The molecule has 116 valence electrons. The second-order valence-electron chi connectivity index (χ2n) is 4.52. The number of nitrogens with zero attached hydrogens (tertiary/aromatic N) is 1. The monoisotopic (exact) mass is 367 g/mol. The van der Waals surface area contributed by atoms with Crippen LogP contribution in [-0.4, -0.2) is 25.1 Å². The predicted molar refractivity (Wildman–Crippen MR) is 84.0 cm³/mol. The van der Waals surface area contributed by atoms with Gasteiger partial charge in [0.25, 0.3) is 5.91 Å². The fourth-order valence-electron chi connectivity index (χ4n) is 1.79. The standard InChI is InChI=1S/C16H15BrFNO3/c1-19(21-2)16(20)12-8-13(17)15(9-14(12)18)22-10-11-6-4-3-5-7-11/h3-9H,10H2,1-2H3. The van der Waals surface area contributed by atoms with Gasteiger partial charge in [0.1, 0.15) is 18.2 Å². The maximum atomic E-state index is 14.1. The molecule has 0 radical (unpaired) electrons. The number of benzene rings is 2. The van der Waals surface area contributed by atoms with Gasteiger partial charge in [-0.15, -0.1) is 0 Å². The Morgan fingerprint density at radius 3 is 2.59 bits per heavy atom. The first kappa shape index (κ1) is 16.5. The lowest BCUT2D eigenvalue weighted by atomic mass is 10.2. The Hall–Kier alpha value is -1.92. The topological polar surface area (TPSA) is 38.8 Å². The quantitative estimate of drug-likeness (QED) is 0.754. The van der Waals surface area contributed by atoms with Crippen LogP contribution in [-0.2, 0) is 11.4 Å². The Bertz CT molecular complexity index is 664. The van der Waals surface area contributed by atoms with Gasteiger partial charge in [-0.05, 0) is 27.6 Å². The fourth-order valence-corrected chi connectivity index (χ4v) is 2.25. The third-order valence-corrected chi connectivity index (χ3v) is 3.67. The van der Waals surface area contributed by atoms with E-state index >= 15 is 0 Å². The van der Waals surface area contributed by atoms with E-state index in [9.17, 15) is 9.18 Å². The van der Waals surface area contributed by atoms with E-state index in [-0.39, 0.29) is 5.56 Å². The van der Waals surface area contributed by atoms with Gasteiger partial charge in [-0.2, -0.15) is 0 Å². The maximum absolute atomic E-state index is 14.1. The predicted octanol–water partition coefficient (Wildman–Crippen LogP) is 3.80. The van der Waals surface area contributed by atoms with Gasteiger partial charge in [0.05, 0.1) is 17.1 Å². The van der Waals surface area contributed by atoms with Gasteiger partial charge in [0.2, 0.25) is 0 Å². The average molecular weight is 368 g/mol. The molecule has 2 aromatic carbocycles. The van der Waals surface area contributed by atoms with Crippen LogP contribution in [0, 0.1) is 5.82 Å². The zero-order valence-corrected chi connectivity index (χ0v) is 13.8. The molecule has 4 nitrogen and oxygen atoms in total. The van der Waals surface area contributed by atoms with Crippen molar-refractivity contribution >= 4 is 21.8 Å². The highest BCUT2D eigenvalue weighted by Gasteiger charge is 2.19. The van der Waals surface area contributed by atoms with E-state index < -0.39 is 11.7 Å². The number of amides is 1. The van der Waals surface area contributed by atoms with Gasteiger partial charge in [-0.3, -0.25) is 9.63 Å². The van der Waals surface area contributed by atoms with Crippen LogP contribution >= 0.6 is 15.9 Å². The highest BCUT2D eigenvalue weighted by molar-refractivity contribution is 9.10. The van der Waals surface area contributed by atoms with Crippen LogP contribution in [0.25, 0.3) is 0 Å². The third-order valence-electron chi connectivity index (χ3n) is 3.05. The summed E-state index contributed by atoms with van der Waals surface area (Å²) in [5.74, 6) is -0.909. The molecule has 6 heteroatoms. The van der Waals surface area contributed by atoms with Gasteiger partial charge < -0.3 is 4.74 Å². The minimum Gasteiger partial charge on any atom is -0.488 e. The average Bonchev–Trinajstić information content (AvgIpc) is 2.54. The summed E-state index contributed by atoms with van der Waals surface area (Å²) in [5, 5.41) is 0.954. The van der Waals surface area contributed by atoms with E-state index in [2.05, 4.69) is 15.9 Å². The molecule has 1 amide bonds. The van der Waals surface area contributed by atoms with Crippen LogP contribution in [0.1, 0.15) is 15.9 Å². The molecule has 0 saturated heterocycles. The largest absolute Gasteiger partial charge is 0.488 e. The van der Waals surface area contributed by atoms with Crippen molar-refractivity contribution in [1.82, 2.24) is 5.06 Å². The molecule has 0 heterocycles. The van der Waals surface area contributed by atoms with Crippen molar-refractivity contribution in [3.8, 4) is 5.75 Å². The molecule has 2 aromatic rings. The van der Waals surface area contributed by atoms with Crippen molar-refractivity contribution in [3.63, 3.8) is 0 Å². The SMILES string of the molecule is CON(C)C(=O)c1cc(Br)c(OCc2ccccc2)cc1F. The van der Waals surface area contributed by atoms with Crippen molar-refractivity contribution in [1.29, 1.82) is 0 Å². The lowest BCUT2D eigenvalue weighted by Gasteiger charge is -2.15. The smallest absolute Gasteiger partial charge is 0.280 e. The molecule has 0 saturated carbocycles. The van der Waals surface area contributed by atoms with Crippen LogP contribution in [0.2, 0.25) is 0 Å². The summed E-state index contributed by atoms with van der Waals surface area (Å²) < 4.78 is 20.2. The van der Waals surface area contributed by atoms with Crippen molar-refractivity contribution in [2.45, 2.75) is 6.61 Å². The summed E-state index contributed by atoms with van der Waals surface area (Å²) in [6.07, 6.45) is 0. The van der Waals surface area contributed by atoms with Crippen LogP contribution in [0.4, 0.5) is 4.39 Å². The van der Waals surface area contributed by atoms with E-state index in [1.165, 1.54) is 26.3 Å². The molecule has 0 aliphatic carbocycles. The van der Waals surface area contributed by atoms with E-state index in [1.807, 2.05) is 30.3 Å². The number of hydroxylamine groups is 2. The van der Waals surface area contributed by atoms with Crippen molar-refractivity contribution in [3.05, 3.63) is 63.9 Å². The number of hydrogen-bond donors (Lipinski definition) is 0. The number of ether oxygens (including phenoxy) is 1. The van der Waals surface area contributed by atoms with E-state index in [4.69, 9.17) is 9.57 Å². The summed E-state index contributed by atoms with van der Waals surface area (Å²) in [7, 11) is 2.75. The summed E-state index contributed by atoms with van der Waals surface area (Å²) in [5.41, 5.74) is 0.873. The number of carbonyl (C=O) groups excluding carboxylic acids is 1. The van der Waals surface area contributed by atoms with E-state index in [0.717, 1.165) is 10.6 Å². The highest BCUT2D eigenvalue weighted by atomic mass is 79.9. The Morgan fingerprint density at radius 1 is 1.27 bits per heavy atom. The molecule has 0 spiro atoms. The summed E-state index contributed by atoms with van der Waals surface area (Å²) in [4.78, 5) is 16.7. The molecule has 2 rings (SSSR count). The third kappa shape index (κ3) is 3.84. The second-order valence-corrected chi connectivity index (χ2v) is 5.38. The number of hydrogen-bond acceptors (Lipinski definition) is 3. The molecule has 0 aliphatic rings. The molecule has 0 bridgehead atoms. The molecule has 0 aliphatic heterocycles. The van der Waals surface area contributed by atoms with Crippen LogP contribution in [0.5, 0.6) is 5.75 Å². The molecular weight excluding hydrogens is 353 g/mol. The molecular formula is C16H15BrFNO3. The van der Waals surface area contributed by atoms with Gasteiger partial charge in [-0.25, -0.2) is 9.45 Å². The molecule has 0 aromatic heterocycles. The lowest BCUT2D eigenvalue weighted by Crippen LogP contribution is -2.26. The van der Waals surface area contributed by atoms with Gasteiger partial charge in [0, 0.05) is 13.1 Å². The normalized spacial score (nSPS) is 10.4. The summed E-state index contributed by atoms with van der Waals surface area (Å²) >= 11 is 3.29. The minimum atomic E-state index is -0.667. The first-order valence-electron chi connectivity index (χ1n) is 6.51. The van der Waals surface area contributed by atoms with Crippen molar-refractivity contribution in [2.75, 3.05) is 14.2 Å². The maximum Gasteiger partial charge on any atom is 0.280 e. The Balaban J connectivity index is 2.18. The Kier molecular flexibility index (Phi) is 5.51. The zero-order chi connectivity index (χ0) is 16.1. The van der Waals surface area contributed by atoms with E-state index in [1.54, 1.807) is 0 Å². The van der Waals surface area contributed by atoms with Gasteiger partial charge >= 0.3 is 0 Å². The van der Waals surface area contributed by atoms with Crippen molar-refractivity contribution < 1.29 is 18.8 Å². The van der Waals surface area contributed by atoms with Crippen LogP contribution in [0.15, 0.2) is 46.9 Å². The minimum absolute atomic E-state index is 0.0942. The fraction of sp³-hybridized carbons (Fsp3) is 0.188. The number of halogens is 2. The van der Waals surface area contributed by atoms with Crippen LogP contribution in [0.3, 0.4) is 0 Å². The van der Waals surface area contributed by atoms with Crippen LogP contribution < -0.4 is 4.74 Å². The lowest BCUT2D eigenvalue weighted by molar-refractivity contribution is -0.0759. The molecule has 22 heavy (non-hydrogen) atoms. The van der Waals surface area contributed by atoms with Crippen molar-refractivity contribution in [2.24, 2.45) is 0 Å². The van der Waals surface area contributed by atoms with E-state index in [0.29, 0.717) is 16.8 Å². The first-order chi connectivity index (χ1) is 10.5.